The van der Waals surface area contributed by atoms with Crippen LogP contribution in [-0.2, 0) is 4.79 Å². The van der Waals surface area contributed by atoms with Crippen molar-refractivity contribution < 1.29 is 23.7 Å². The van der Waals surface area contributed by atoms with E-state index in [1.54, 1.807) is 12.2 Å². The van der Waals surface area contributed by atoms with E-state index < -0.39 is 23.7 Å². The molecule has 0 unspecified atom stereocenters. The zero-order valence-electron chi connectivity index (χ0n) is 17.0. The molecule has 5 nitrogen and oxygen atoms in total. The first-order valence-corrected chi connectivity index (χ1v) is 10.7. The number of imide groups is 1. The Labute approximate surface area is 170 Å². The van der Waals surface area contributed by atoms with Gasteiger partial charge in [-0.1, -0.05) is 0 Å². The molecular formula is C22H30F2N3O2+. The van der Waals surface area contributed by atoms with E-state index in [2.05, 4.69) is 10.6 Å². The molecule has 4 bridgehead atoms. The topological polar surface area (TPSA) is 74.8 Å². The average Bonchev–Trinajstić information content (AvgIpc) is 2.62. The van der Waals surface area contributed by atoms with E-state index in [1.165, 1.54) is 25.3 Å². The maximum absolute atomic E-state index is 13.4. The number of nitrogens with one attached hydrogen (secondary N) is 2. The van der Waals surface area contributed by atoms with E-state index >= 15 is 0 Å². The highest BCUT2D eigenvalue weighted by Gasteiger charge is 2.51. The lowest BCUT2D eigenvalue weighted by atomic mass is 9.53. The van der Waals surface area contributed by atoms with Crippen LogP contribution in [-0.4, -0.2) is 23.5 Å². The number of quaternary nitrogens is 1. The van der Waals surface area contributed by atoms with Crippen molar-refractivity contribution in [3.05, 3.63) is 35.4 Å². The predicted molar refractivity (Wildman–Crippen MR) is 104 cm³/mol. The van der Waals surface area contributed by atoms with Gasteiger partial charge in [-0.25, -0.2) is 13.6 Å². The number of carbonyl (C=O) groups is 2. The Balaban J connectivity index is 1.30. The highest BCUT2D eigenvalue weighted by Crippen LogP contribution is 2.55. The molecule has 1 aromatic rings. The molecule has 5 rings (SSSR count). The minimum Gasteiger partial charge on any atom is -0.332 e. The van der Waals surface area contributed by atoms with Crippen LogP contribution in [0.2, 0.25) is 0 Å². The van der Waals surface area contributed by atoms with Crippen LogP contribution >= 0.6 is 0 Å². The molecule has 0 aliphatic heterocycles. The third kappa shape index (κ3) is 4.29. The summed E-state index contributed by atoms with van der Waals surface area (Å²) in [5, 5.41) is 7.35. The van der Waals surface area contributed by atoms with Gasteiger partial charge in [-0.15, -0.1) is 0 Å². The first-order valence-electron chi connectivity index (χ1n) is 10.7. The summed E-state index contributed by atoms with van der Waals surface area (Å²) in [5.41, 5.74) is 0.437. The van der Waals surface area contributed by atoms with E-state index in [-0.39, 0.29) is 17.5 Å². The number of rotatable bonds is 5. The van der Waals surface area contributed by atoms with Crippen molar-refractivity contribution in [2.75, 3.05) is 0 Å². The molecule has 7 heteroatoms. The van der Waals surface area contributed by atoms with Gasteiger partial charge in [0.05, 0.1) is 0 Å². The number of hydrogen-bond acceptors (Lipinski definition) is 2. The summed E-state index contributed by atoms with van der Waals surface area (Å²) in [6.45, 7) is 3.51. The normalized spacial score (nSPS) is 31.9. The molecule has 1 aromatic carbocycles. The Bertz CT molecular complexity index is 778. The largest absolute Gasteiger partial charge is 0.332 e. The highest BCUT2D eigenvalue weighted by atomic mass is 19.2. The maximum atomic E-state index is 13.4. The molecule has 4 N–H and O–H groups in total. The summed E-state index contributed by atoms with van der Waals surface area (Å²) in [4.78, 5) is 25.0. The Morgan fingerprint density at radius 2 is 1.62 bits per heavy atom. The van der Waals surface area contributed by atoms with Crippen molar-refractivity contribution in [3.8, 4) is 0 Å². The summed E-state index contributed by atoms with van der Waals surface area (Å²) in [7, 11) is 0. The fourth-order valence-electron chi connectivity index (χ4n) is 6.19. The zero-order valence-corrected chi connectivity index (χ0v) is 17.0. The second-order valence-corrected chi connectivity index (χ2v) is 9.58. The van der Waals surface area contributed by atoms with Gasteiger partial charge in [0.2, 0.25) is 0 Å². The Hall–Kier alpha value is -2.02. The van der Waals surface area contributed by atoms with Crippen molar-refractivity contribution in [2.45, 2.75) is 70.0 Å². The van der Waals surface area contributed by atoms with E-state index in [9.17, 15) is 18.4 Å². The van der Waals surface area contributed by atoms with Gasteiger partial charge in [-0.2, -0.15) is 0 Å². The second kappa shape index (κ2) is 7.67. The lowest BCUT2D eigenvalue weighted by molar-refractivity contribution is -0.710. The molecule has 4 aliphatic carbocycles. The van der Waals surface area contributed by atoms with E-state index in [1.807, 2.05) is 6.92 Å². The van der Waals surface area contributed by atoms with Crippen molar-refractivity contribution in [1.82, 2.24) is 10.6 Å². The number of urea groups is 1. The molecule has 0 aromatic heterocycles. The summed E-state index contributed by atoms with van der Waals surface area (Å²) >= 11 is 0. The van der Waals surface area contributed by atoms with Crippen LogP contribution in [0.25, 0.3) is 0 Å². The van der Waals surface area contributed by atoms with Gasteiger partial charge in [-0.3, -0.25) is 10.1 Å². The number of nitrogens with two attached hydrogens (primary N) is 1. The van der Waals surface area contributed by atoms with Crippen molar-refractivity contribution in [3.63, 3.8) is 0 Å². The van der Waals surface area contributed by atoms with Gasteiger partial charge in [0.1, 0.15) is 6.04 Å². The molecule has 0 saturated heterocycles. The monoisotopic (exact) mass is 406 g/mol. The van der Waals surface area contributed by atoms with E-state index in [0.29, 0.717) is 23.3 Å². The highest BCUT2D eigenvalue weighted by molar-refractivity contribution is 5.96. The minimum absolute atomic E-state index is 0.148. The van der Waals surface area contributed by atoms with Gasteiger partial charge in [0, 0.05) is 11.1 Å². The fraction of sp³-hybridized carbons (Fsp3) is 0.636. The van der Waals surface area contributed by atoms with Gasteiger partial charge in [0.25, 0.3) is 5.91 Å². The first-order chi connectivity index (χ1) is 13.7. The summed E-state index contributed by atoms with van der Waals surface area (Å²) < 4.78 is 26.6. The number of amides is 3. The maximum Gasteiger partial charge on any atom is 0.322 e. The van der Waals surface area contributed by atoms with Gasteiger partial charge in [-0.05, 0) is 88.3 Å². The fourth-order valence-corrected chi connectivity index (χ4v) is 6.19. The summed E-state index contributed by atoms with van der Waals surface area (Å²) in [6, 6.07) is 2.51. The SMILES string of the molecule is C[C@H]([NH2+][C@@H](C)c1ccc(F)c(F)c1)C(=O)NC(=O)NC12CC3CC(CC(C3)C1)C2. The Kier molecular flexibility index (Phi) is 5.36. The second-order valence-electron chi connectivity index (χ2n) is 9.58. The molecule has 4 saturated carbocycles. The van der Waals surface area contributed by atoms with Crippen LogP contribution in [0.5, 0.6) is 0 Å². The third-order valence-electron chi connectivity index (χ3n) is 7.11. The van der Waals surface area contributed by atoms with Gasteiger partial charge in [0.15, 0.2) is 17.7 Å². The molecule has 0 radical (unpaired) electrons. The molecular weight excluding hydrogens is 376 g/mol. The first kappa shape index (κ1) is 20.3. The van der Waals surface area contributed by atoms with Crippen LogP contribution in [0.4, 0.5) is 13.6 Å². The van der Waals surface area contributed by atoms with Crippen molar-refractivity contribution in [2.24, 2.45) is 17.8 Å². The molecule has 0 heterocycles. The molecule has 29 heavy (non-hydrogen) atoms. The molecule has 0 spiro atoms. The minimum atomic E-state index is -0.908. The van der Waals surface area contributed by atoms with E-state index in [4.69, 9.17) is 0 Å². The smallest absolute Gasteiger partial charge is 0.322 e. The number of benzene rings is 1. The van der Waals surface area contributed by atoms with Crippen LogP contribution in [0.3, 0.4) is 0 Å². The number of hydrogen-bond donors (Lipinski definition) is 3. The molecule has 158 valence electrons. The van der Waals surface area contributed by atoms with Crippen LogP contribution in [0.15, 0.2) is 18.2 Å². The van der Waals surface area contributed by atoms with Crippen molar-refractivity contribution in [1.29, 1.82) is 0 Å². The number of carbonyl (C=O) groups excluding carboxylic acids is 2. The third-order valence-corrected chi connectivity index (χ3v) is 7.11. The molecule has 4 aliphatic rings. The lowest BCUT2D eigenvalue weighted by Crippen LogP contribution is -2.92. The van der Waals surface area contributed by atoms with Gasteiger partial charge < -0.3 is 10.6 Å². The molecule has 3 amide bonds. The zero-order chi connectivity index (χ0) is 20.8. The standard InChI is InChI=1S/C22H29F2N3O2/c1-12(17-3-4-18(23)19(24)8-17)25-13(2)20(28)26-21(29)27-22-9-14-5-15(10-22)7-16(6-14)11-22/h3-4,8,12-16,25H,5-7,9-11H2,1-2H3,(H2,26,27,28,29)/p+1/t12-,13-,14?,15?,16?,22?/m0/s1. The summed E-state index contributed by atoms with van der Waals surface area (Å²) in [5.74, 6) is -0.0612. The Morgan fingerprint density at radius 3 is 2.17 bits per heavy atom. The van der Waals surface area contributed by atoms with Crippen LogP contribution in [0, 0.1) is 29.4 Å². The molecule has 2 atom stereocenters. The van der Waals surface area contributed by atoms with E-state index in [0.717, 1.165) is 31.4 Å². The van der Waals surface area contributed by atoms with Crippen LogP contribution in [0.1, 0.15) is 64.0 Å². The quantitative estimate of drug-likeness (QED) is 0.703. The lowest BCUT2D eigenvalue weighted by Gasteiger charge is -2.56. The number of halogens is 2. The van der Waals surface area contributed by atoms with Crippen molar-refractivity contribution >= 4 is 11.9 Å². The summed E-state index contributed by atoms with van der Waals surface area (Å²) in [6.07, 6.45) is 6.93. The average molecular weight is 406 g/mol. The van der Waals surface area contributed by atoms with Crippen LogP contribution < -0.4 is 16.0 Å². The molecule has 4 fully saturated rings. The predicted octanol–water partition coefficient (Wildman–Crippen LogP) is 2.77. The van der Waals surface area contributed by atoms with Gasteiger partial charge >= 0.3 is 6.03 Å². The Morgan fingerprint density at radius 1 is 1.03 bits per heavy atom.